The van der Waals surface area contributed by atoms with Crippen molar-refractivity contribution in [1.82, 2.24) is 0 Å². The van der Waals surface area contributed by atoms with E-state index in [1.54, 1.807) is 18.2 Å². The number of nitrogen functional groups attached to an aromatic ring is 1. The summed E-state index contributed by atoms with van der Waals surface area (Å²) in [4.78, 5) is 0. The molecule has 0 aliphatic heterocycles. The Morgan fingerprint density at radius 3 is 2.47 bits per heavy atom. The Bertz CT molecular complexity index is 558. The first-order valence-electron chi connectivity index (χ1n) is 5.22. The highest BCUT2D eigenvalue weighted by molar-refractivity contribution is 6.30. The molecule has 1 unspecified atom stereocenters. The molecular weight excluding hydrogens is 232 g/mol. The van der Waals surface area contributed by atoms with E-state index < -0.39 is 0 Å². The number of anilines is 1. The van der Waals surface area contributed by atoms with Gasteiger partial charge in [0.1, 0.15) is 0 Å². The molecule has 2 N–H and O–H groups in total. The van der Waals surface area contributed by atoms with Gasteiger partial charge in [-0.15, -0.1) is 0 Å². The van der Waals surface area contributed by atoms with Crippen LogP contribution < -0.4 is 5.73 Å². The molecule has 0 saturated heterocycles. The van der Waals surface area contributed by atoms with Crippen LogP contribution in [0, 0.1) is 11.3 Å². The Morgan fingerprint density at radius 1 is 1.12 bits per heavy atom. The Kier molecular flexibility index (Phi) is 3.32. The number of hydrogen-bond acceptors (Lipinski definition) is 2. The zero-order chi connectivity index (χ0) is 12.3. The molecule has 3 heteroatoms. The molecule has 0 aliphatic carbocycles. The molecule has 0 spiro atoms. The predicted molar refractivity (Wildman–Crippen MR) is 69.8 cm³/mol. The lowest BCUT2D eigenvalue weighted by molar-refractivity contribution is 1.04. The van der Waals surface area contributed by atoms with E-state index in [-0.39, 0.29) is 5.92 Å². The third kappa shape index (κ3) is 2.41. The van der Waals surface area contributed by atoms with Crippen molar-refractivity contribution in [1.29, 1.82) is 5.26 Å². The smallest absolute Gasteiger partial charge is 0.0983 e. The van der Waals surface area contributed by atoms with Crippen LogP contribution in [0.25, 0.3) is 0 Å². The molecule has 0 saturated carbocycles. The summed E-state index contributed by atoms with van der Waals surface area (Å²) in [7, 11) is 0. The molecule has 0 heterocycles. The van der Waals surface area contributed by atoms with E-state index in [0.717, 1.165) is 11.1 Å². The van der Waals surface area contributed by atoms with Crippen molar-refractivity contribution in [3.05, 3.63) is 64.7 Å². The second-order valence-electron chi connectivity index (χ2n) is 3.75. The second-order valence-corrected chi connectivity index (χ2v) is 4.18. The quantitative estimate of drug-likeness (QED) is 0.819. The zero-order valence-electron chi connectivity index (χ0n) is 9.10. The molecular formula is C14H11ClN2. The van der Waals surface area contributed by atoms with Gasteiger partial charge in [0.05, 0.1) is 12.0 Å². The first-order valence-corrected chi connectivity index (χ1v) is 5.59. The van der Waals surface area contributed by atoms with E-state index in [1.165, 1.54) is 0 Å². The molecule has 2 aromatic rings. The fraction of sp³-hybridized carbons (Fsp3) is 0.0714. The van der Waals surface area contributed by atoms with Crippen molar-refractivity contribution in [2.75, 3.05) is 5.73 Å². The highest BCUT2D eigenvalue weighted by atomic mass is 35.5. The van der Waals surface area contributed by atoms with Crippen LogP contribution in [0.4, 0.5) is 5.69 Å². The molecule has 84 valence electrons. The lowest BCUT2D eigenvalue weighted by Crippen LogP contribution is -2.02. The molecule has 2 nitrogen and oxygen atoms in total. The summed E-state index contributed by atoms with van der Waals surface area (Å²) < 4.78 is 0. The standard InChI is InChI=1S/C14H11ClN2/c15-11-6-7-14(17)12(8-11)13(9-16)10-4-2-1-3-5-10/h1-8,13H,17H2. The highest BCUT2D eigenvalue weighted by Gasteiger charge is 2.16. The van der Waals surface area contributed by atoms with Crippen molar-refractivity contribution in [3.8, 4) is 6.07 Å². The summed E-state index contributed by atoms with van der Waals surface area (Å²) >= 11 is 5.94. The third-order valence-corrected chi connectivity index (χ3v) is 2.86. The minimum absolute atomic E-state index is 0.380. The van der Waals surface area contributed by atoms with Crippen molar-refractivity contribution in [2.45, 2.75) is 5.92 Å². The maximum absolute atomic E-state index is 9.30. The SMILES string of the molecule is N#CC(c1ccccc1)c1cc(Cl)ccc1N. The van der Waals surface area contributed by atoms with Crippen molar-refractivity contribution in [2.24, 2.45) is 0 Å². The van der Waals surface area contributed by atoms with Gasteiger partial charge in [-0.3, -0.25) is 0 Å². The third-order valence-electron chi connectivity index (χ3n) is 2.62. The van der Waals surface area contributed by atoms with E-state index in [1.807, 2.05) is 30.3 Å². The number of benzene rings is 2. The summed E-state index contributed by atoms with van der Waals surface area (Å²) in [5.41, 5.74) is 8.16. The lowest BCUT2D eigenvalue weighted by Gasteiger charge is -2.12. The van der Waals surface area contributed by atoms with Crippen LogP contribution >= 0.6 is 11.6 Å². The van der Waals surface area contributed by atoms with Crippen LogP contribution in [0.1, 0.15) is 17.0 Å². The van der Waals surface area contributed by atoms with Crippen LogP contribution in [0.15, 0.2) is 48.5 Å². The predicted octanol–water partition coefficient (Wildman–Crippen LogP) is 3.58. The Morgan fingerprint density at radius 2 is 1.82 bits per heavy atom. The average Bonchev–Trinajstić information content (AvgIpc) is 2.36. The molecule has 0 radical (unpaired) electrons. The number of nitriles is 1. The molecule has 0 aromatic heterocycles. The number of hydrogen-bond donors (Lipinski definition) is 1. The van der Waals surface area contributed by atoms with Crippen LogP contribution in [0.5, 0.6) is 0 Å². The molecule has 1 atom stereocenters. The van der Waals surface area contributed by atoms with E-state index in [0.29, 0.717) is 10.7 Å². The van der Waals surface area contributed by atoms with E-state index >= 15 is 0 Å². The van der Waals surface area contributed by atoms with Gasteiger partial charge in [-0.2, -0.15) is 5.26 Å². The van der Waals surface area contributed by atoms with E-state index in [9.17, 15) is 5.26 Å². The van der Waals surface area contributed by atoms with Gasteiger partial charge in [-0.1, -0.05) is 41.9 Å². The fourth-order valence-corrected chi connectivity index (χ4v) is 1.95. The second kappa shape index (κ2) is 4.90. The van der Waals surface area contributed by atoms with Crippen LogP contribution in [0.3, 0.4) is 0 Å². The summed E-state index contributed by atoms with van der Waals surface area (Å²) in [6, 6.07) is 17.0. The first-order chi connectivity index (χ1) is 8.22. The normalized spacial score (nSPS) is 11.8. The number of halogens is 1. The van der Waals surface area contributed by atoms with Crippen molar-refractivity contribution < 1.29 is 0 Å². The van der Waals surface area contributed by atoms with Crippen LogP contribution in [-0.4, -0.2) is 0 Å². The molecule has 17 heavy (non-hydrogen) atoms. The maximum Gasteiger partial charge on any atom is 0.0983 e. The molecule has 2 aromatic carbocycles. The van der Waals surface area contributed by atoms with Crippen molar-refractivity contribution in [3.63, 3.8) is 0 Å². The lowest BCUT2D eigenvalue weighted by atomic mass is 9.91. The fourth-order valence-electron chi connectivity index (χ4n) is 1.76. The van der Waals surface area contributed by atoms with Gasteiger partial charge in [-0.05, 0) is 29.3 Å². The Balaban J connectivity index is 2.51. The van der Waals surface area contributed by atoms with Gasteiger partial charge in [0.2, 0.25) is 0 Å². The molecule has 0 amide bonds. The van der Waals surface area contributed by atoms with E-state index in [2.05, 4.69) is 6.07 Å². The molecule has 0 fully saturated rings. The molecule has 0 aliphatic rings. The van der Waals surface area contributed by atoms with Crippen molar-refractivity contribution >= 4 is 17.3 Å². The Hall–Kier alpha value is -1.98. The minimum Gasteiger partial charge on any atom is -0.398 e. The largest absolute Gasteiger partial charge is 0.398 e. The van der Waals surface area contributed by atoms with Gasteiger partial charge in [0.15, 0.2) is 0 Å². The van der Waals surface area contributed by atoms with Gasteiger partial charge in [-0.25, -0.2) is 0 Å². The minimum atomic E-state index is -0.380. The monoisotopic (exact) mass is 242 g/mol. The van der Waals surface area contributed by atoms with Crippen LogP contribution in [0.2, 0.25) is 5.02 Å². The van der Waals surface area contributed by atoms with Gasteiger partial charge < -0.3 is 5.73 Å². The van der Waals surface area contributed by atoms with Crippen LogP contribution in [-0.2, 0) is 0 Å². The first kappa shape index (κ1) is 11.5. The summed E-state index contributed by atoms with van der Waals surface area (Å²) in [5, 5.41) is 9.89. The number of nitrogens with zero attached hydrogens (tertiary/aromatic N) is 1. The van der Waals surface area contributed by atoms with E-state index in [4.69, 9.17) is 17.3 Å². The summed E-state index contributed by atoms with van der Waals surface area (Å²) in [6.07, 6.45) is 0. The summed E-state index contributed by atoms with van der Waals surface area (Å²) in [5.74, 6) is -0.380. The average molecular weight is 243 g/mol. The number of nitrogens with two attached hydrogens (primary N) is 1. The Labute approximate surface area is 105 Å². The molecule has 0 bridgehead atoms. The maximum atomic E-state index is 9.30. The summed E-state index contributed by atoms with van der Waals surface area (Å²) in [6.45, 7) is 0. The van der Waals surface area contributed by atoms with Gasteiger partial charge in [0, 0.05) is 10.7 Å². The zero-order valence-corrected chi connectivity index (χ0v) is 9.85. The van der Waals surface area contributed by atoms with Gasteiger partial charge >= 0.3 is 0 Å². The highest BCUT2D eigenvalue weighted by Crippen LogP contribution is 2.30. The topological polar surface area (TPSA) is 49.8 Å². The molecule has 2 rings (SSSR count). The van der Waals surface area contributed by atoms with Gasteiger partial charge in [0.25, 0.3) is 0 Å². The number of rotatable bonds is 2.